The molecule has 1 aliphatic heterocycles. The van der Waals surface area contributed by atoms with Gasteiger partial charge in [-0.3, -0.25) is 4.79 Å². The molecule has 1 aliphatic rings. The van der Waals surface area contributed by atoms with Crippen LogP contribution in [0, 0.1) is 0 Å². The molecule has 0 bridgehead atoms. The normalized spacial score (nSPS) is 19.0. The molecule has 2 aromatic heterocycles. The number of methoxy groups -OCH3 is 2. The van der Waals surface area contributed by atoms with Gasteiger partial charge in [0, 0.05) is 29.8 Å². The van der Waals surface area contributed by atoms with Gasteiger partial charge in [-0.15, -0.1) is 0 Å². The Labute approximate surface area is 231 Å². The molecule has 1 aromatic carbocycles. The molecule has 4 rings (SSSR count). The van der Waals surface area contributed by atoms with E-state index < -0.39 is 14.4 Å². The summed E-state index contributed by atoms with van der Waals surface area (Å²) in [5.41, 5.74) is 1.76. The maximum atomic E-state index is 13.6. The second-order valence-electron chi connectivity index (χ2n) is 11.3. The van der Waals surface area contributed by atoms with Crippen molar-refractivity contribution in [1.82, 2.24) is 15.3 Å². The van der Waals surface area contributed by atoms with E-state index >= 15 is 0 Å². The van der Waals surface area contributed by atoms with Crippen molar-refractivity contribution in [1.29, 1.82) is 0 Å². The van der Waals surface area contributed by atoms with Crippen LogP contribution >= 0.6 is 0 Å². The second-order valence-corrected chi connectivity index (χ2v) is 16.1. The quantitative estimate of drug-likeness (QED) is 0.388. The Hall–Kier alpha value is -3.05. The van der Waals surface area contributed by atoms with Gasteiger partial charge in [0.1, 0.15) is 23.1 Å². The summed E-state index contributed by atoms with van der Waals surface area (Å²) in [6.45, 7) is 11.9. The number of pyridine rings is 2. The number of fused-ring (bicyclic) bond motifs is 1. The predicted octanol–water partition coefficient (Wildman–Crippen LogP) is 4.64. The number of aliphatic hydroxyl groups is 1. The summed E-state index contributed by atoms with van der Waals surface area (Å²) in [6.07, 6.45) is 0.884. The van der Waals surface area contributed by atoms with Crippen molar-refractivity contribution in [3.63, 3.8) is 0 Å². The van der Waals surface area contributed by atoms with Crippen molar-refractivity contribution in [2.24, 2.45) is 0 Å². The van der Waals surface area contributed by atoms with Crippen LogP contribution in [0.2, 0.25) is 18.1 Å². The van der Waals surface area contributed by atoms with Crippen LogP contribution < -0.4 is 14.8 Å². The molecule has 3 atom stereocenters. The monoisotopic (exact) mass is 553 g/mol. The third kappa shape index (κ3) is 6.24. The predicted molar refractivity (Wildman–Crippen MR) is 152 cm³/mol. The first-order chi connectivity index (χ1) is 18.4. The average Bonchev–Trinajstić information content (AvgIpc) is 2.92. The molecule has 210 valence electrons. The average molecular weight is 554 g/mol. The summed E-state index contributed by atoms with van der Waals surface area (Å²) < 4.78 is 23.1. The van der Waals surface area contributed by atoms with Gasteiger partial charge in [0.05, 0.1) is 33.0 Å². The molecule has 9 nitrogen and oxygen atoms in total. The van der Waals surface area contributed by atoms with Gasteiger partial charge >= 0.3 is 0 Å². The molecule has 1 saturated heterocycles. The van der Waals surface area contributed by atoms with E-state index in [4.69, 9.17) is 18.6 Å². The summed E-state index contributed by atoms with van der Waals surface area (Å²) in [4.78, 5) is 22.5. The molecule has 1 amide bonds. The van der Waals surface area contributed by atoms with Gasteiger partial charge in [-0.05, 0) is 48.3 Å². The standard InChI is InChI=1S/C29H39N3O6Si/c1-29(2,3)39(6,7)38-24-17-37-14-13-21(24)32-28(34)22-15-20(19-9-8-10-23(35-4)26(19)31-22)27(33)18-11-12-25(36-5)30-16-18/h8-12,15-16,21,24,27,33H,13-14,17H2,1-7H3,(H,32,34)/t21-,24-,27?/m0/s1. The number of nitrogens with one attached hydrogen (secondary N) is 1. The molecule has 0 saturated carbocycles. The molecule has 1 fully saturated rings. The highest BCUT2D eigenvalue weighted by Gasteiger charge is 2.42. The smallest absolute Gasteiger partial charge is 0.270 e. The van der Waals surface area contributed by atoms with Crippen LogP contribution in [-0.4, -0.2) is 68.9 Å². The lowest BCUT2D eigenvalue weighted by atomic mass is 9.97. The number of aliphatic hydroxyl groups excluding tert-OH is 1. The lowest BCUT2D eigenvalue weighted by Gasteiger charge is -2.42. The van der Waals surface area contributed by atoms with Crippen LogP contribution in [0.3, 0.4) is 0 Å². The number of amides is 1. The first kappa shape index (κ1) is 28.9. The highest BCUT2D eigenvalue weighted by molar-refractivity contribution is 6.74. The number of hydrogen-bond donors (Lipinski definition) is 2. The number of benzene rings is 1. The largest absolute Gasteiger partial charge is 0.494 e. The molecule has 10 heteroatoms. The van der Waals surface area contributed by atoms with E-state index in [1.807, 2.05) is 12.1 Å². The minimum absolute atomic E-state index is 0.0246. The van der Waals surface area contributed by atoms with Gasteiger partial charge in [0.2, 0.25) is 5.88 Å². The molecule has 3 heterocycles. The maximum Gasteiger partial charge on any atom is 0.270 e. The lowest BCUT2D eigenvalue weighted by Crippen LogP contribution is -2.55. The molecule has 2 N–H and O–H groups in total. The van der Waals surface area contributed by atoms with Crippen molar-refractivity contribution >= 4 is 25.1 Å². The number of rotatable bonds is 8. The summed E-state index contributed by atoms with van der Waals surface area (Å²) in [5.74, 6) is 0.603. The number of para-hydroxylation sites is 1. The van der Waals surface area contributed by atoms with E-state index in [0.717, 1.165) is 0 Å². The fourth-order valence-electron chi connectivity index (χ4n) is 4.40. The first-order valence-corrected chi connectivity index (χ1v) is 16.1. The number of ether oxygens (including phenoxy) is 3. The SMILES string of the molecule is COc1ccc(C(O)c2cc(C(=O)N[C@H]3CCOC[C@@H]3O[Si](C)(C)C(C)(C)C)nc3c(OC)cccc23)cn1. The van der Waals surface area contributed by atoms with Gasteiger partial charge < -0.3 is 29.1 Å². The van der Waals surface area contributed by atoms with Crippen LogP contribution in [0.1, 0.15) is 54.9 Å². The molecule has 1 unspecified atom stereocenters. The van der Waals surface area contributed by atoms with Gasteiger partial charge in [-0.25, -0.2) is 9.97 Å². The minimum atomic E-state index is -2.09. The topological polar surface area (TPSA) is 112 Å². The van der Waals surface area contributed by atoms with E-state index in [-0.39, 0.29) is 28.8 Å². The Morgan fingerprint density at radius 2 is 1.95 bits per heavy atom. The minimum Gasteiger partial charge on any atom is -0.494 e. The van der Waals surface area contributed by atoms with Crippen LogP contribution in [0.4, 0.5) is 0 Å². The maximum absolute atomic E-state index is 13.6. The Morgan fingerprint density at radius 1 is 1.18 bits per heavy atom. The zero-order valence-electron chi connectivity index (χ0n) is 23.8. The Bertz CT molecular complexity index is 1310. The first-order valence-electron chi connectivity index (χ1n) is 13.2. The van der Waals surface area contributed by atoms with E-state index in [2.05, 4.69) is 49.1 Å². The third-order valence-electron chi connectivity index (χ3n) is 7.74. The van der Waals surface area contributed by atoms with E-state index in [9.17, 15) is 9.90 Å². The van der Waals surface area contributed by atoms with Crippen LogP contribution in [0.5, 0.6) is 11.6 Å². The van der Waals surface area contributed by atoms with E-state index in [0.29, 0.717) is 53.3 Å². The summed E-state index contributed by atoms with van der Waals surface area (Å²) in [5, 5.41) is 15.2. The Balaban J connectivity index is 1.68. The molecule has 3 aromatic rings. The van der Waals surface area contributed by atoms with Crippen molar-refractivity contribution in [3.8, 4) is 11.6 Å². The zero-order valence-corrected chi connectivity index (χ0v) is 24.8. The van der Waals surface area contributed by atoms with Crippen molar-refractivity contribution < 1.29 is 28.5 Å². The number of nitrogens with zero attached hydrogens (tertiary/aromatic N) is 2. The zero-order chi connectivity index (χ0) is 28.4. The van der Waals surface area contributed by atoms with Crippen LogP contribution in [0.15, 0.2) is 42.6 Å². The third-order valence-corrected chi connectivity index (χ3v) is 12.2. The van der Waals surface area contributed by atoms with Crippen LogP contribution in [0.25, 0.3) is 10.9 Å². The second kappa shape index (κ2) is 11.6. The Kier molecular flexibility index (Phi) is 8.60. The summed E-state index contributed by atoms with van der Waals surface area (Å²) in [6, 6.07) is 10.3. The van der Waals surface area contributed by atoms with Crippen molar-refractivity contribution in [3.05, 3.63) is 59.4 Å². The fraction of sp³-hybridized carbons (Fsp3) is 0.483. The summed E-state index contributed by atoms with van der Waals surface area (Å²) in [7, 11) is 0.994. The van der Waals surface area contributed by atoms with Crippen molar-refractivity contribution in [2.75, 3.05) is 27.4 Å². The molecule has 0 spiro atoms. The number of hydrogen-bond acceptors (Lipinski definition) is 8. The molecule has 0 aliphatic carbocycles. The lowest BCUT2D eigenvalue weighted by molar-refractivity contribution is -0.0196. The number of aromatic nitrogens is 2. The molecular weight excluding hydrogens is 514 g/mol. The molecular formula is C29H39N3O6Si. The highest BCUT2D eigenvalue weighted by atomic mass is 28.4. The van der Waals surface area contributed by atoms with Crippen LogP contribution in [-0.2, 0) is 9.16 Å². The fourth-order valence-corrected chi connectivity index (χ4v) is 5.74. The van der Waals surface area contributed by atoms with Gasteiger partial charge in [0.15, 0.2) is 8.32 Å². The number of carbonyl (C=O) groups excluding carboxylic acids is 1. The van der Waals surface area contributed by atoms with Gasteiger partial charge in [-0.2, -0.15) is 0 Å². The Morgan fingerprint density at radius 3 is 2.59 bits per heavy atom. The van der Waals surface area contributed by atoms with E-state index in [1.54, 1.807) is 37.6 Å². The molecule has 39 heavy (non-hydrogen) atoms. The summed E-state index contributed by atoms with van der Waals surface area (Å²) >= 11 is 0. The van der Waals surface area contributed by atoms with Gasteiger partial charge in [-0.1, -0.05) is 32.9 Å². The van der Waals surface area contributed by atoms with Crippen molar-refractivity contribution in [2.45, 2.75) is 63.6 Å². The van der Waals surface area contributed by atoms with Gasteiger partial charge in [0.25, 0.3) is 5.91 Å². The van der Waals surface area contributed by atoms with E-state index in [1.165, 1.54) is 7.11 Å². The highest BCUT2D eigenvalue weighted by Crippen LogP contribution is 2.38. The molecule has 0 radical (unpaired) electrons. The number of carbonyl (C=O) groups is 1.